The van der Waals surface area contributed by atoms with Gasteiger partial charge in [-0.15, -0.1) is 0 Å². The Bertz CT molecular complexity index is 507. The van der Waals surface area contributed by atoms with Gasteiger partial charge in [-0.25, -0.2) is 4.98 Å². The van der Waals surface area contributed by atoms with E-state index in [9.17, 15) is 15.0 Å². The minimum Gasteiger partial charge on any atom is -0.543 e. The van der Waals surface area contributed by atoms with Gasteiger partial charge < -0.3 is 19.6 Å². The van der Waals surface area contributed by atoms with Crippen molar-refractivity contribution < 1.29 is 15.0 Å². The van der Waals surface area contributed by atoms with Gasteiger partial charge in [0, 0.05) is 6.20 Å². The third-order valence-corrected chi connectivity index (χ3v) is 2.53. The van der Waals surface area contributed by atoms with E-state index in [4.69, 9.17) is 0 Å². The first-order chi connectivity index (χ1) is 8.22. The van der Waals surface area contributed by atoms with E-state index in [0.717, 1.165) is 5.56 Å². The second kappa shape index (κ2) is 4.80. The smallest absolute Gasteiger partial charge is 0.104 e. The molecule has 88 valence electrons. The zero-order valence-corrected chi connectivity index (χ0v) is 8.98. The molecule has 2 aromatic rings. The molecule has 1 atom stereocenters. The van der Waals surface area contributed by atoms with Crippen molar-refractivity contribution in [1.82, 2.24) is 9.55 Å². The van der Waals surface area contributed by atoms with Gasteiger partial charge in [0.2, 0.25) is 0 Å². The van der Waals surface area contributed by atoms with Crippen molar-refractivity contribution in [3.63, 3.8) is 0 Å². The molecular weight excluding hydrogens is 220 g/mol. The number of hydrogen-bond donors (Lipinski definition) is 1. The Morgan fingerprint density at radius 2 is 2.12 bits per heavy atom. The zero-order valence-electron chi connectivity index (χ0n) is 8.98. The lowest BCUT2D eigenvalue weighted by atomic mass is 10.1. The van der Waals surface area contributed by atoms with Gasteiger partial charge in [0.25, 0.3) is 0 Å². The molecule has 0 aliphatic carbocycles. The highest BCUT2D eigenvalue weighted by Crippen LogP contribution is 2.17. The molecule has 1 N–H and O–H groups in total. The first kappa shape index (κ1) is 11.3. The van der Waals surface area contributed by atoms with Crippen molar-refractivity contribution in [3.05, 3.63) is 54.1 Å². The molecular formula is C12H11N2O3-. The van der Waals surface area contributed by atoms with Gasteiger partial charge in [-0.1, -0.05) is 30.3 Å². The molecule has 1 aromatic heterocycles. The van der Waals surface area contributed by atoms with Crippen LogP contribution in [0.25, 0.3) is 0 Å². The Morgan fingerprint density at radius 1 is 1.41 bits per heavy atom. The molecule has 2 rings (SSSR count). The standard InChI is InChI=1S/C12H12N2O3/c15-7-11(9-4-2-1-3-5-9)14-6-10(12(16)17)13-8-14/h1-6,8,11,15H,7H2,(H,16,17)/p-1. The van der Waals surface area contributed by atoms with Crippen molar-refractivity contribution >= 4 is 5.97 Å². The van der Waals surface area contributed by atoms with E-state index in [1.807, 2.05) is 30.3 Å². The number of nitrogens with zero attached hydrogens (tertiary/aromatic N) is 2. The summed E-state index contributed by atoms with van der Waals surface area (Å²) in [5.74, 6) is -1.33. The van der Waals surface area contributed by atoms with Crippen LogP contribution in [0.15, 0.2) is 42.9 Å². The van der Waals surface area contributed by atoms with Crippen molar-refractivity contribution in [2.24, 2.45) is 0 Å². The van der Waals surface area contributed by atoms with Crippen LogP contribution in [-0.2, 0) is 0 Å². The average Bonchev–Trinajstić information content (AvgIpc) is 2.81. The number of aliphatic hydroxyl groups excluding tert-OH is 1. The van der Waals surface area contributed by atoms with Gasteiger partial charge in [0.1, 0.15) is 5.69 Å². The zero-order chi connectivity index (χ0) is 12.3. The molecule has 1 heterocycles. The van der Waals surface area contributed by atoms with Crippen molar-refractivity contribution in [2.45, 2.75) is 6.04 Å². The summed E-state index contributed by atoms with van der Waals surface area (Å²) in [5.41, 5.74) is 0.747. The minimum atomic E-state index is -1.33. The number of benzene rings is 1. The molecule has 0 spiro atoms. The molecule has 0 aliphatic heterocycles. The summed E-state index contributed by atoms with van der Waals surface area (Å²) in [5, 5.41) is 20.0. The molecule has 1 unspecified atom stereocenters. The van der Waals surface area contributed by atoms with Crippen molar-refractivity contribution in [3.8, 4) is 0 Å². The third kappa shape index (κ3) is 2.34. The quantitative estimate of drug-likeness (QED) is 0.792. The number of aromatic carboxylic acids is 1. The van der Waals surface area contributed by atoms with Crippen LogP contribution in [0.1, 0.15) is 22.1 Å². The fourth-order valence-corrected chi connectivity index (χ4v) is 1.66. The second-order valence-electron chi connectivity index (χ2n) is 3.60. The summed E-state index contributed by atoms with van der Waals surface area (Å²) in [6.07, 6.45) is 2.72. The molecule has 0 aliphatic rings. The number of carbonyl (C=O) groups excluding carboxylic acids is 1. The minimum absolute atomic E-state index is 0.132. The summed E-state index contributed by atoms with van der Waals surface area (Å²) in [7, 11) is 0. The lowest BCUT2D eigenvalue weighted by Crippen LogP contribution is -2.22. The summed E-state index contributed by atoms with van der Waals surface area (Å²) in [4.78, 5) is 14.3. The summed E-state index contributed by atoms with van der Waals surface area (Å²) < 4.78 is 1.56. The molecule has 0 bridgehead atoms. The van der Waals surface area contributed by atoms with Crippen LogP contribution in [-0.4, -0.2) is 27.2 Å². The van der Waals surface area contributed by atoms with Crippen LogP contribution >= 0.6 is 0 Å². The molecule has 0 saturated carbocycles. The number of carboxylic acid groups (broad SMARTS) is 1. The summed E-state index contributed by atoms with van der Waals surface area (Å²) in [6, 6.07) is 8.97. The van der Waals surface area contributed by atoms with E-state index in [1.165, 1.54) is 12.5 Å². The first-order valence-corrected chi connectivity index (χ1v) is 5.13. The van der Waals surface area contributed by atoms with Crippen LogP contribution < -0.4 is 5.11 Å². The topological polar surface area (TPSA) is 78.2 Å². The lowest BCUT2D eigenvalue weighted by Gasteiger charge is -2.15. The lowest BCUT2D eigenvalue weighted by molar-refractivity contribution is -0.255. The van der Waals surface area contributed by atoms with Gasteiger partial charge in [-0.2, -0.15) is 0 Å². The molecule has 0 fully saturated rings. The Morgan fingerprint density at radius 3 is 2.65 bits per heavy atom. The van der Waals surface area contributed by atoms with E-state index in [1.54, 1.807) is 4.57 Å². The Balaban J connectivity index is 2.32. The van der Waals surface area contributed by atoms with Crippen LogP contribution in [0.5, 0.6) is 0 Å². The van der Waals surface area contributed by atoms with E-state index in [-0.39, 0.29) is 18.3 Å². The maximum Gasteiger partial charge on any atom is 0.104 e. The van der Waals surface area contributed by atoms with Crippen molar-refractivity contribution in [1.29, 1.82) is 0 Å². The Hall–Kier alpha value is -2.14. The average molecular weight is 231 g/mol. The number of imidazole rings is 1. The normalized spacial score (nSPS) is 12.3. The molecule has 0 radical (unpaired) electrons. The van der Waals surface area contributed by atoms with E-state index < -0.39 is 5.97 Å². The maximum atomic E-state index is 10.6. The number of rotatable bonds is 4. The molecule has 5 nitrogen and oxygen atoms in total. The van der Waals surface area contributed by atoms with E-state index in [0.29, 0.717) is 0 Å². The van der Waals surface area contributed by atoms with E-state index >= 15 is 0 Å². The predicted molar refractivity (Wildman–Crippen MR) is 58.2 cm³/mol. The number of hydrogen-bond acceptors (Lipinski definition) is 4. The SMILES string of the molecule is O=C([O-])c1cn(C(CO)c2ccccc2)cn1. The second-order valence-corrected chi connectivity index (χ2v) is 3.60. The number of carbonyl (C=O) groups is 1. The van der Waals surface area contributed by atoms with Crippen LogP contribution in [0.3, 0.4) is 0 Å². The molecule has 0 amide bonds. The number of aliphatic hydroxyl groups is 1. The summed E-state index contributed by atoms with van der Waals surface area (Å²) >= 11 is 0. The van der Waals surface area contributed by atoms with Gasteiger partial charge >= 0.3 is 0 Å². The van der Waals surface area contributed by atoms with E-state index in [2.05, 4.69) is 4.98 Å². The van der Waals surface area contributed by atoms with Gasteiger partial charge in [-0.05, 0) is 5.56 Å². The largest absolute Gasteiger partial charge is 0.543 e. The maximum absolute atomic E-state index is 10.6. The first-order valence-electron chi connectivity index (χ1n) is 5.13. The highest BCUT2D eigenvalue weighted by Gasteiger charge is 2.12. The van der Waals surface area contributed by atoms with Crippen LogP contribution in [0.2, 0.25) is 0 Å². The molecule has 0 saturated heterocycles. The molecule has 17 heavy (non-hydrogen) atoms. The highest BCUT2D eigenvalue weighted by molar-refractivity contribution is 5.82. The molecule has 5 heteroatoms. The Kier molecular flexibility index (Phi) is 3.20. The summed E-state index contributed by atoms with van der Waals surface area (Å²) in [6.45, 7) is -0.132. The molecule has 1 aromatic carbocycles. The van der Waals surface area contributed by atoms with Gasteiger partial charge in [0.15, 0.2) is 0 Å². The van der Waals surface area contributed by atoms with Crippen molar-refractivity contribution in [2.75, 3.05) is 6.61 Å². The van der Waals surface area contributed by atoms with Gasteiger partial charge in [0.05, 0.1) is 24.9 Å². The van der Waals surface area contributed by atoms with Crippen LogP contribution in [0, 0.1) is 0 Å². The Labute approximate surface area is 98.0 Å². The monoisotopic (exact) mass is 231 g/mol. The highest BCUT2D eigenvalue weighted by atomic mass is 16.4. The fraction of sp³-hybridized carbons (Fsp3) is 0.167. The number of carboxylic acids is 1. The van der Waals surface area contributed by atoms with Crippen LogP contribution in [0.4, 0.5) is 0 Å². The number of aromatic nitrogens is 2. The predicted octanol–water partition coefficient (Wildman–Crippen LogP) is -0.172. The fourth-order valence-electron chi connectivity index (χ4n) is 1.66. The van der Waals surface area contributed by atoms with Gasteiger partial charge in [-0.3, -0.25) is 0 Å². The third-order valence-electron chi connectivity index (χ3n) is 2.53.